The van der Waals surface area contributed by atoms with Crippen LogP contribution in [0.2, 0.25) is 5.02 Å². The molecule has 280 valence electrons. The van der Waals surface area contributed by atoms with Gasteiger partial charge in [0.2, 0.25) is 0 Å². The number of aliphatic carboxylic acids is 1. The topological polar surface area (TPSA) is 174 Å². The zero-order chi connectivity index (χ0) is 37.4. The molecule has 6 rings (SSSR count). The van der Waals surface area contributed by atoms with E-state index in [9.17, 15) is 23.4 Å². The first-order chi connectivity index (χ1) is 25.6. The number of sulfone groups is 1. The quantitative estimate of drug-likeness (QED) is 0.109. The van der Waals surface area contributed by atoms with Gasteiger partial charge < -0.3 is 29.3 Å². The van der Waals surface area contributed by atoms with Crippen LogP contribution in [0.1, 0.15) is 23.1 Å². The van der Waals surface area contributed by atoms with Crippen molar-refractivity contribution in [3.05, 3.63) is 100 Å². The molecule has 0 bridgehead atoms. The van der Waals surface area contributed by atoms with Gasteiger partial charge in [-0.15, -0.1) is 0 Å². The van der Waals surface area contributed by atoms with Gasteiger partial charge in [0.1, 0.15) is 53.4 Å². The monoisotopic (exact) mass is 768 g/mol. The van der Waals surface area contributed by atoms with E-state index in [1.807, 2.05) is 0 Å². The highest BCUT2D eigenvalue weighted by Crippen LogP contribution is 2.35. The van der Waals surface area contributed by atoms with Crippen LogP contribution in [0.4, 0.5) is 4.39 Å². The Hall–Kier alpha value is -4.80. The summed E-state index contributed by atoms with van der Waals surface area (Å²) < 4.78 is 62.2. The van der Waals surface area contributed by atoms with E-state index in [0.29, 0.717) is 58.9 Å². The Kier molecular flexibility index (Phi) is 12.4. The summed E-state index contributed by atoms with van der Waals surface area (Å²) in [4.78, 5) is 13.6. The van der Waals surface area contributed by atoms with Crippen LogP contribution in [-0.4, -0.2) is 90.2 Å². The van der Waals surface area contributed by atoms with Crippen molar-refractivity contribution in [2.24, 2.45) is 0 Å². The third-order valence-corrected chi connectivity index (χ3v) is 10.7. The van der Waals surface area contributed by atoms with Gasteiger partial charge in [0.15, 0.2) is 9.84 Å². The van der Waals surface area contributed by atoms with E-state index in [1.54, 1.807) is 72.8 Å². The Morgan fingerprint density at radius 2 is 1.72 bits per heavy atom. The number of rotatable bonds is 17. The molecule has 1 saturated heterocycles. The highest BCUT2D eigenvalue weighted by Gasteiger charge is 2.21. The van der Waals surface area contributed by atoms with Gasteiger partial charge in [-0.1, -0.05) is 48.0 Å². The van der Waals surface area contributed by atoms with Crippen molar-refractivity contribution < 1.29 is 46.7 Å². The van der Waals surface area contributed by atoms with Crippen LogP contribution in [0.5, 0.6) is 17.2 Å². The first kappa shape index (κ1) is 37.9. The lowest BCUT2D eigenvalue weighted by Gasteiger charge is -2.26. The molecule has 16 heteroatoms. The molecule has 1 aliphatic heterocycles. The first-order valence-electron chi connectivity index (χ1n) is 16.9. The Morgan fingerprint density at radius 1 is 0.943 bits per heavy atom. The maximum absolute atomic E-state index is 16.0. The van der Waals surface area contributed by atoms with Gasteiger partial charge in [-0.05, 0) is 58.2 Å². The van der Waals surface area contributed by atoms with E-state index in [4.69, 9.17) is 30.4 Å². The van der Waals surface area contributed by atoms with Gasteiger partial charge in [-0.3, -0.25) is 10.1 Å². The van der Waals surface area contributed by atoms with E-state index in [0.717, 1.165) is 18.5 Å². The molecular formula is C37H38ClFN4O9S. The molecule has 3 N–H and O–H groups in total. The minimum Gasteiger partial charge on any atom is -0.494 e. The number of carboxylic acids is 1. The van der Waals surface area contributed by atoms with Crippen LogP contribution in [0.25, 0.3) is 22.2 Å². The number of nitrogens with one attached hydrogen (secondary N) is 1. The number of hydrogen-bond acceptors (Lipinski definition) is 12. The van der Waals surface area contributed by atoms with Crippen LogP contribution in [0.3, 0.4) is 0 Å². The third kappa shape index (κ3) is 10.00. The van der Waals surface area contributed by atoms with Gasteiger partial charge in [-0.2, -0.15) is 0 Å². The molecule has 53 heavy (non-hydrogen) atoms. The summed E-state index contributed by atoms with van der Waals surface area (Å²) >= 11 is 6.61. The summed E-state index contributed by atoms with van der Waals surface area (Å²) in [7, 11) is -2.92. The lowest BCUT2D eigenvalue weighted by Crippen LogP contribution is -2.40. The lowest BCUT2D eigenvalue weighted by molar-refractivity contribution is -0.140. The second-order valence-electron chi connectivity index (χ2n) is 12.5. The average molecular weight is 769 g/mol. The average Bonchev–Trinajstić information content (AvgIpc) is 3.62. The molecule has 0 saturated carbocycles. The van der Waals surface area contributed by atoms with Gasteiger partial charge >= 0.3 is 5.97 Å². The van der Waals surface area contributed by atoms with E-state index < -0.39 is 34.3 Å². The molecule has 0 amide bonds. The van der Waals surface area contributed by atoms with E-state index in [-0.39, 0.29) is 47.6 Å². The van der Waals surface area contributed by atoms with Gasteiger partial charge in [0, 0.05) is 48.9 Å². The Bertz CT molecular complexity index is 2150. The highest BCUT2D eigenvalue weighted by molar-refractivity contribution is 7.91. The number of carbonyl (C=O) groups is 1. The van der Waals surface area contributed by atoms with Crippen molar-refractivity contribution in [3.63, 3.8) is 0 Å². The fourth-order valence-electron chi connectivity index (χ4n) is 5.78. The van der Waals surface area contributed by atoms with Gasteiger partial charge in [-0.25, -0.2) is 17.4 Å². The molecule has 0 unspecified atom stereocenters. The number of carboxylic acid groups (broad SMARTS) is 1. The zero-order valence-electron chi connectivity index (χ0n) is 28.5. The number of nitrogens with zero attached hydrogens (tertiary/aromatic N) is 3. The molecule has 1 atom stereocenters. The molecule has 0 spiro atoms. The summed E-state index contributed by atoms with van der Waals surface area (Å²) in [5.41, 5.74) is 3.66. The molecule has 0 aliphatic carbocycles. The van der Waals surface area contributed by atoms with E-state index in [2.05, 4.69) is 20.5 Å². The number of aliphatic hydroxyl groups excluding tert-OH is 1. The van der Waals surface area contributed by atoms with Crippen molar-refractivity contribution in [3.8, 4) is 28.4 Å². The molecular weight excluding hydrogens is 731 g/mol. The summed E-state index contributed by atoms with van der Waals surface area (Å²) in [6.45, 7) is 1.55. The molecule has 1 aromatic heterocycles. The lowest BCUT2D eigenvalue weighted by atomic mass is 10.0. The minimum absolute atomic E-state index is 0.00339. The van der Waals surface area contributed by atoms with Crippen molar-refractivity contribution >= 4 is 38.4 Å². The minimum atomic E-state index is -2.92. The highest BCUT2D eigenvalue weighted by atomic mass is 35.5. The smallest absolute Gasteiger partial charge is 0.323 e. The third-order valence-electron chi connectivity index (χ3n) is 8.78. The number of fused-ring (bicyclic) bond motifs is 1. The maximum atomic E-state index is 16.0. The molecule has 13 nitrogen and oxygen atoms in total. The predicted molar refractivity (Wildman–Crippen MR) is 194 cm³/mol. The van der Waals surface area contributed by atoms with Crippen molar-refractivity contribution in [2.75, 3.05) is 44.4 Å². The molecule has 1 aliphatic rings. The van der Waals surface area contributed by atoms with Crippen molar-refractivity contribution in [1.82, 2.24) is 20.5 Å². The first-order valence-corrected chi connectivity index (χ1v) is 19.1. The number of aliphatic hydroxyl groups is 1. The van der Waals surface area contributed by atoms with Gasteiger partial charge in [0.25, 0.3) is 0 Å². The Labute approximate surface area is 310 Å². The standard InChI is InChI=1S/C37H38ClFN4O9S/c38-30-18-27(20-40-33(21-44)37(45)46)34(50-22-24-8-9-31-32(16-24)42-52-41-31)19-35(30)51-23-26-5-2-7-29(36(26)39)25-4-1-6-28(17-25)49-13-3-10-43-11-14-53(47,48)15-12-43/h1-2,4-9,16-19,33,40,44H,3,10-15,20-23H2,(H,45,46)/t33-/m1/s1. The number of ether oxygens (including phenoxy) is 3. The molecule has 0 radical (unpaired) electrons. The van der Waals surface area contributed by atoms with Crippen LogP contribution < -0.4 is 19.5 Å². The van der Waals surface area contributed by atoms with E-state index in [1.165, 1.54) is 0 Å². The van der Waals surface area contributed by atoms with E-state index >= 15 is 4.39 Å². The summed E-state index contributed by atoms with van der Waals surface area (Å²) in [6, 6.07) is 19.4. The van der Waals surface area contributed by atoms with Crippen LogP contribution >= 0.6 is 11.6 Å². The second kappa shape index (κ2) is 17.4. The number of halogens is 2. The summed E-state index contributed by atoms with van der Waals surface area (Å²) in [6.07, 6.45) is 0.722. The largest absolute Gasteiger partial charge is 0.494 e. The number of benzene rings is 4. The second-order valence-corrected chi connectivity index (χ2v) is 15.2. The normalized spacial score (nSPS) is 14.9. The summed E-state index contributed by atoms with van der Waals surface area (Å²) in [5.74, 6) is -0.197. The number of hydrogen-bond donors (Lipinski definition) is 3. The van der Waals surface area contributed by atoms with Crippen LogP contribution in [-0.2, 0) is 34.4 Å². The fraction of sp³-hybridized carbons (Fsp3) is 0.324. The van der Waals surface area contributed by atoms with Crippen LogP contribution in [0.15, 0.2) is 77.4 Å². The molecule has 5 aromatic rings. The Balaban J connectivity index is 1.12. The maximum Gasteiger partial charge on any atom is 0.323 e. The summed E-state index contributed by atoms with van der Waals surface area (Å²) in [5, 5.41) is 29.5. The SMILES string of the molecule is O=C(O)[C@@H](CO)NCc1cc(Cl)c(OCc2cccc(-c3cccc(OCCCN4CCS(=O)(=O)CC4)c3)c2F)cc1OCc1ccc2nonc2c1. The predicted octanol–water partition coefficient (Wildman–Crippen LogP) is 4.87. The van der Waals surface area contributed by atoms with Crippen molar-refractivity contribution in [1.29, 1.82) is 0 Å². The fourth-order valence-corrected chi connectivity index (χ4v) is 7.29. The molecule has 2 heterocycles. The number of aromatic nitrogens is 2. The zero-order valence-corrected chi connectivity index (χ0v) is 30.1. The van der Waals surface area contributed by atoms with Gasteiger partial charge in [0.05, 0.1) is 29.7 Å². The van der Waals surface area contributed by atoms with Crippen LogP contribution in [0, 0.1) is 5.82 Å². The molecule has 4 aromatic carbocycles. The Morgan fingerprint density at radius 3 is 2.51 bits per heavy atom. The van der Waals surface area contributed by atoms with Crippen molar-refractivity contribution in [2.45, 2.75) is 32.2 Å². The molecule has 1 fully saturated rings.